The minimum Gasteiger partial charge on any atom is -0.408 e. The summed E-state index contributed by atoms with van der Waals surface area (Å²) in [5, 5.41) is 3.41. The van der Waals surface area contributed by atoms with Crippen LogP contribution in [-0.4, -0.2) is 30.2 Å². The van der Waals surface area contributed by atoms with Crippen molar-refractivity contribution in [1.29, 1.82) is 0 Å². The van der Waals surface area contributed by atoms with Crippen molar-refractivity contribution >= 4 is 16.8 Å². The topological polar surface area (TPSA) is 61.3 Å². The lowest BCUT2D eigenvalue weighted by Crippen LogP contribution is -2.55. The Labute approximate surface area is 105 Å². The van der Waals surface area contributed by atoms with Crippen molar-refractivity contribution < 1.29 is 4.42 Å². The number of hydrogen-bond acceptors (Lipinski definition) is 4. The van der Waals surface area contributed by atoms with Crippen LogP contribution < -0.4 is 16.0 Å². The number of aromatic amines is 1. The Balaban J connectivity index is 2.04. The molecule has 96 valence electrons. The molecule has 3 rings (SSSR count). The van der Waals surface area contributed by atoms with Crippen LogP contribution in [0.3, 0.4) is 0 Å². The molecule has 1 saturated heterocycles. The number of anilines is 1. The minimum absolute atomic E-state index is 0.399. The lowest BCUT2D eigenvalue weighted by Gasteiger charge is -2.41. The summed E-state index contributed by atoms with van der Waals surface area (Å²) in [5.41, 5.74) is 2.50. The molecule has 1 fully saturated rings. The third-order valence-corrected chi connectivity index (χ3v) is 3.53. The van der Waals surface area contributed by atoms with E-state index in [2.05, 4.69) is 29.0 Å². The van der Waals surface area contributed by atoms with Crippen molar-refractivity contribution in [1.82, 2.24) is 10.3 Å². The molecule has 2 aromatic rings. The Morgan fingerprint density at radius 2 is 2.00 bits per heavy atom. The number of oxazole rings is 1. The van der Waals surface area contributed by atoms with Crippen LogP contribution >= 0.6 is 0 Å². The number of hydrogen-bond donors (Lipinski definition) is 2. The predicted octanol–water partition coefficient (Wildman–Crippen LogP) is 1.31. The fourth-order valence-corrected chi connectivity index (χ4v) is 2.74. The first-order valence-electron chi connectivity index (χ1n) is 6.27. The largest absolute Gasteiger partial charge is 0.417 e. The van der Waals surface area contributed by atoms with Crippen molar-refractivity contribution in [3.05, 3.63) is 28.7 Å². The smallest absolute Gasteiger partial charge is 0.408 e. The average Bonchev–Trinajstić information content (AvgIpc) is 2.68. The molecular weight excluding hydrogens is 230 g/mol. The van der Waals surface area contributed by atoms with Gasteiger partial charge in [-0.3, -0.25) is 4.98 Å². The zero-order valence-corrected chi connectivity index (χ0v) is 10.6. The Kier molecular flexibility index (Phi) is 2.63. The molecule has 0 amide bonds. The van der Waals surface area contributed by atoms with Gasteiger partial charge in [0.25, 0.3) is 0 Å². The van der Waals surface area contributed by atoms with Gasteiger partial charge in [0.05, 0.1) is 5.52 Å². The highest BCUT2D eigenvalue weighted by atomic mass is 16.4. The van der Waals surface area contributed by atoms with E-state index in [4.69, 9.17) is 4.42 Å². The van der Waals surface area contributed by atoms with Gasteiger partial charge in [0.1, 0.15) is 0 Å². The van der Waals surface area contributed by atoms with Crippen molar-refractivity contribution in [2.24, 2.45) is 0 Å². The summed E-state index contributed by atoms with van der Waals surface area (Å²) in [5.74, 6) is -0.399. The highest BCUT2D eigenvalue weighted by Crippen LogP contribution is 2.25. The predicted molar refractivity (Wildman–Crippen MR) is 71.1 cm³/mol. The van der Waals surface area contributed by atoms with Crippen molar-refractivity contribution in [3.8, 4) is 0 Å². The van der Waals surface area contributed by atoms with Crippen molar-refractivity contribution in [2.75, 3.05) is 18.0 Å². The molecule has 1 aromatic heterocycles. The van der Waals surface area contributed by atoms with E-state index in [9.17, 15) is 4.79 Å². The van der Waals surface area contributed by atoms with Crippen LogP contribution in [0.4, 0.5) is 5.69 Å². The standard InChI is InChI=1S/C13H17N3O2/c1-8-6-14-7-9(2)16(8)10-3-4-12-11(5-10)15-13(17)18-12/h3-5,8-9,14H,6-7H2,1-2H3,(H,15,17). The molecule has 18 heavy (non-hydrogen) atoms. The molecule has 2 unspecified atom stereocenters. The van der Waals surface area contributed by atoms with E-state index in [0.29, 0.717) is 17.7 Å². The van der Waals surface area contributed by atoms with Gasteiger partial charge < -0.3 is 14.6 Å². The summed E-state index contributed by atoms with van der Waals surface area (Å²) >= 11 is 0. The molecule has 1 aromatic carbocycles. The number of piperazine rings is 1. The SMILES string of the molecule is CC1CNCC(C)N1c1ccc2oc(=O)[nH]c2c1. The third kappa shape index (κ3) is 1.80. The summed E-state index contributed by atoms with van der Waals surface area (Å²) in [6.07, 6.45) is 0. The highest BCUT2D eigenvalue weighted by Gasteiger charge is 2.24. The van der Waals surface area contributed by atoms with Gasteiger partial charge in [-0.1, -0.05) is 0 Å². The molecule has 2 atom stereocenters. The molecular formula is C13H17N3O2. The molecule has 0 spiro atoms. The Morgan fingerprint density at radius 1 is 1.28 bits per heavy atom. The zero-order chi connectivity index (χ0) is 12.7. The summed E-state index contributed by atoms with van der Waals surface area (Å²) in [4.78, 5) is 16.2. The number of nitrogens with zero attached hydrogens (tertiary/aromatic N) is 1. The molecule has 1 aliphatic heterocycles. The summed E-state index contributed by atoms with van der Waals surface area (Å²) in [7, 11) is 0. The van der Waals surface area contributed by atoms with E-state index < -0.39 is 5.76 Å². The maximum absolute atomic E-state index is 11.2. The van der Waals surface area contributed by atoms with Gasteiger partial charge in [-0.2, -0.15) is 0 Å². The van der Waals surface area contributed by atoms with Crippen molar-refractivity contribution in [2.45, 2.75) is 25.9 Å². The quantitative estimate of drug-likeness (QED) is 0.797. The monoisotopic (exact) mass is 247 g/mol. The summed E-state index contributed by atoms with van der Waals surface area (Å²) < 4.78 is 5.02. The average molecular weight is 247 g/mol. The van der Waals surface area contributed by atoms with Gasteiger partial charge in [0, 0.05) is 30.9 Å². The number of H-pyrrole nitrogens is 1. The lowest BCUT2D eigenvalue weighted by molar-refractivity contribution is 0.432. The molecule has 5 nitrogen and oxygen atoms in total. The van der Waals surface area contributed by atoms with E-state index in [-0.39, 0.29) is 0 Å². The fourth-order valence-electron chi connectivity index (χ4n) is 2.74. The highest BCUT2D eigenvalue weighted by molar-refractivity contribution is 5.77. The van der Waals surface area contributed by atoms with E-state index >= 15 is 0 Å². The van der Waals surface area contributed by atoms with Crippen LogP contribution in [-0.2, 0) is 0 Å². The van der Waals surface area contributed by atoms with E-state index in [1.807, 2.05) is 18.2 Å². The normalized spacial score (nSPS) is 24.7. The number of aromatic nitrogens is 1. The molecule has 0 bridgehead atoms. The summed E-state index contributed by atoms with van der Waals surface area (Å²) in [6.45, 7) is 6.35. The molecule has 0 saturated carbocycles. The molecule has 2 heterocycles. The van der Waals surface area contributed by atoms with Gasteiger partial charge in [0.2, 0.25) is 0 Å². The second-order valence-electron chi connectivity index (χ2n) is 4.96. The Bertz CT molecular complexity index is 606. The van der Waals surface area contributed by atoms with E-state index in [0.717, 1.165) is 24.3 Å². The van der Waals surface area contributed by atoms with Gasteiger partial charge in [0.15, 0.2) is 5.58 Å². The van der Waals surface area contributed by atoms with Gasteiger partial charge >= 0.3 is 5.76 Å². The molecule has 5 heteroatoms. The van der Waals surface area contributed by atoms with Crippen LogP contribution in [0.2, 0.25) is 0 Å². The van der Waals surface area contributed by atoms with Crippen LogP contribution in [0, 0.1) is 0 Å². The lowest BCUT2D eigenvalue weighted by atomic mass is 10.1. The molecule has 0 aliphatic carbocycles. The summed E-state index contributed by atoms with van der Waals surface area (Å²) in [6, 6.07) is 6.72. The molecule has 0 radical (unpaired) electrons. The second-order valence-corrected chi connectivity index (χ2v) is 4.96. The maximum Gasteiger partial charge on any atom is 0.417 e. The first-order chi connectivity index (χ1) is 8.65. The van der Waals surface area contributed by atoms with Crippen molar-refractivity contribution in [3.63, 3.8) is 0 Å². The van der Waals surface area contributed by atoms with Crippen LogP contribution in [0.25, 0.3) is 11.1 Å². The van der Waals surface area contributed by atoms with Crippen LogP contribution in [0.15, 0.2) is 27.4 Å². The van der Waals surface area contributed by atoms with Gasteiger partial charge in [-0.25, -0.2) is 4.79 Å². The van der Waals surface area contributed by atoms with Crippen LogP contribution in [0.1, 0.15) is 13.8 Å². The van der Waals surface area contributed by atoms with Gasteiger partial charge in [-0.05, 0) is 32.0 Å². The zero-order valence-electron chi connectivity index (χ0n) is 10.6. The fraction of sp³-hybridized carbons (Fsp3) is 0.462. The first kappa shape index (κ1) is 11.3. The number of rotatable bonds is 1. The molecule has 1 aliphatic rings. The Morgan fingerprint density at radius 3 is 2.72 bits per heavy atom. The van der Waals surface area contributed by atoms with Gasteiger partial charge in [-0.15, -0.1) is 0 Å². The Hall–Kier alpha value is -1.75. The van der Waals surface area contributed by atoms with Crippen LogP contribution in [0.5, 0.6) is 0 Å². The first-order valence-corrected chi connectivity index (χ1v) is 6.27. The van der Waals surface area contributed by atoms with E-state index in [1.165, 1.54) is 0 Å². The maximum atomic E-state index is 11.2. The number of nitrogens with one attached hydrogen (secondary N) is 2. The number of fused-ring (bicyclic) bond motifs is 1. The number of benzene rings is 1. The minimum atomic E-state index is -0.399. The second kappa shape index (κ2) is 4.17. The van der Waals surface area contributed by atoms with E-state index in [1.54, 1.807) is 0 Å². The molecule has 2 N–H and O–H groups in total. The third-order valence-electron chi connectivity index (χ3n) is 3.53.